The van der Waals surface area contributed by atoms with Gasteiger partial charge >= 0.3 is 12.1 Å². The Morgan fingerprint density at radius 1 is 1.14 bits per heavy atom. The van der Waals surface area contributed by atoms with Crippen LogP contribution >= 0.6 is 0 Å². The summed E-state index contributed by atoms with van der Waals surface area (Å²) in [6, 6.07) is 3.20. The van der Waals surface area contributed by atoms with Crippen LogP contribution in [-0.4, -0.2) is 102 Å². The van der Waals surface area contributed by atoms with Crippen molar-refractivity contribution in [2.75, 3.05) is 20.1 Å². The van der Waals surface area contributed by atoms with Gasteiger partial charge in [0, 0.05) is 32.5 Å². The maximum absolute atomic E-state index is 14.5. The Morgan fingerprint density at radius 2 is 1.88 bits per heavy atom. The topological polar surface area (TPSA) is 175 Å². The molecule has 1 aromatic rings. The van der Waals surface area contributed by atoms with Crippen LogP contribution in [0.1, 0.15) is 76.0 Å². The van der Waals surface area contributed by atoms with E-state index in [0.29, 0.717) is 45.3 Å². The molecule has 51 heavy (non-hydrogen) atoms. The summed E-state index contributed by atoms with van der Waals surface area (Å²) < 4.78 is 33.4. The average molecular weight is 725 g/mol. The monoisotopic (exact) mass is 724 g/mol. The van der Waals surface area contributed by atoms with Crippen molar-refractivity contribution in [2.45, 2.75) is 101 Å². The number of ether oxygens (including phenoxy) is 1. The first-order valence-corrected chi connectivity index (χ1v) is 19.1. The van der Waals surface area contributed by atoms with Crippen LogP contribution < -0.4 is 15.4 Å². The Labute approximate surface area is 299 Å². The molecular weight excluding hydrogens is 676 g/mol. The van der Waals surface area contributed by atoms with E-state index >= 15 is 0 Å². The van der Waals surface area contributed by atoms with Crippen molar-refractivity contribution in [3.05, 3.63) is 53.6 Å². The Bertz CT molecular complexity index is 1770. The predicted octanol–water partition coefficient (Wildman–Crippen LogP) is 2.64. The number of carbonyl (C=O) groups excluding carboxylic acids is 5. The lowest BCUT2D eigenvalue weighted by Gasteiger charge is -2.36. The molecule has 14 nitrogen and oxygen atoms in total. The maximum Gasteiger partial charge on any atom is 0.410 e. The number of rotatable bonds is 6. The molecule has 2 aliphatic carbocycles. The van der Waals surface area contributed by atoms with E-state index in [-0.39, 0.29) is 19.4 Å². The van der Waals surface area contributed by atoms with Crippen LogP contribution in [0, 0.1) is 11.3 Å². The zero-order valence-electron chi connectivity index (χ0n) is 29.6. The van der Waals surface area contributed by atoms with Crippen molar-refractivity contribution in [2.24, 2.45) is 11.3 Å². The molecule has 4 bridgehead atoms. The van der Waals surface area contributed by atoms with Crippen molar-refractivity contribution in [1.29, 1.82) is 0 Å². The van der Waals surface area contributed by atoms with E-state index in [4.69, 9.17) is 4.74 Å². The molecule has 15 heteroatoms. The van der Waals surface area contributed by atoms with Gasteiger partial charge in [0.15, 0.2) is 0 Å². The number of benzene rings is 1. The third-order valence-electron chi connectivity index (χ3n) is 10.5. The Hall–Kier alpha value is -4.40. The number of fused-ring (bicyclic) bond motifs is 3. The van der Waals surface area contributed by atoms with Crippen LogP contribution in [0.3, 0.4) is 0 Å². The molecule has 3 heterocycles. The largest absolute Gasteiger partial charge is 0.444 e. The second-order valence-corrected chi connectivity index (χ2v) is 17.4. The van der Waals surface area contributed by atoms with Gasteiger partial charge in [0.2, 0.25) is 21.8 Å². The van der Waals surface area contributed by atoms with Crippen LogP contribution in [0.15, 0.2) is 36.9 Å². The van der Waals surface area contributed by atoms with E-state index in [0.717, 1.165) is 16.7 Å². The van der Waals surface area contributed by atoms with E-state index in [2.05, 4.69) is 21.9 Å². The van der Waals surface area contributed by atoms with Crippen LogP contribution in [-0.2, 0) is 42.2 Å². The zero-order valence-corrected chi connectivity index (χ0v) is 30.5. The minimum absolute atomic E-state index is 0.0698. The Balaban J connectivity index is 1.29. The molecule has 6 amide bonds. The zero-order chi connectivity index (χ0) is 36.9. The van der Waals surface area contributed by atoms with Gasteiger partial charge in [0.05, 0.1) is 18.3 Å². The number of sulfonamides is 1. The SMILES string of the molecule is C=C[C@@H]1C[C@@]1(NC(=O)[C@@H]1CC2CN1C(=O)[C@H](C(C)(C)C)NC(=O)N(C)CCC/C=C/c1cccc3c1CN(C3)C(=O)O2)C(=O)NS(=O)(=O)C1CC1. The van der Waals surface area contributed by atoms with Gasteiger partial charge in [-0.25, -0.2) is 18.0 Å². The summed E-state index contributed by atoms with van der Waals surface area (Å²) in [5.74, 6) is -2.64. The van der Waals surface area contributed by atoms with Crippen LogP contribution in [0.5, 0.6) is 0 Å². The number of nitrogens with one attached hydrogen (secondary N) is 3. The van der Waals surface area contributed by atoms with Crippen molar-refractivity contribution in [1.82, 2.24) is 30.1 Å². The number of nitrogens with zero attached hydrogens (tertiary/aromatic N) is 3. The van der Waals surface area contributed by atoms with E-state index in [1.54, 1.807) is 32.7 Å². The van der Waals surface area contributed by atoms with Gasteiger partial charge in [-0.15, -0.1) is 6.58 Å². The lowest BCUT2D eigenvalue weighted by Crippen LogP contribution is -2.61. The molecule has 0 radical (unpaired) electrons. The van der Waals surface area contributed by atoms with Crippen molar-refractivity contribution >= 4 is 45.9 Å². The van der Waals surface area contributed by atoms with Crippen LogP contribution in [0.25, 0.3) is 6.08 Å². The summed E-state index contributed by atoms with van der Waals surface area (Å²) in [6.45, 7) is 10.2. The smallest absolute Gasteiger partial charge is 0.410 e. The summed E-state index contributed by atoms with van der Waals surface area (Å²) in [5, 5.41) is 4.98. The van der Waals surface area contributed by atoms with Gasteiger partial charge in [-0.05, 0) is 54.2 Å². The molecule has 3 aliphatic heterocycles. The normalized spacial score (nSPS) is 29.3. The molecular formula is C36H48N6O8S. The average Bonchev–Trinajstić information content (AvgIpc) is 3.96. The van der Waals surface area contributed by atoms with Gasteiger partial charge in [0.25, 0.3) is 5.91 Å². The molecule has 0 aromatic heterocycles. The number of allylic oxidation sites excluding steroid dienone is 1. The molecule has 276 valence electrons. The second kappa shape index (κ2) is 13.6. The molecule has 3 N–H and O–H groups in total. The summed E-state index contributed by atoms with van der Waals surface area (Å²) in [5.41, 5.74) is 0.660. The highest BCUT2D eigenvalue weighted by atomic mass is 32.2. The lowest BCUT2D eigenvalue weighted by molar-refractivity contribution is -0.142. The summed E-state index contributed by atoms with van der Waals surface area (Å²) in [6.07, 6.45) is 6.46. The van der Waals surface area contributed by atoms with Gasteiger partial charge in [-0.2, -0.15) is 0 Å². The van der Waals surface area contributed by atoms with E-state index in [1.165, 1.54) is 15.9 Å². The standard InChI is InChI=1S/C36H48N6O8S/c1-6-24-18-36(24,32(45)39-51(48,49)26-14-15-26)38-30(43)28-17-25-20-42(28)31(44)29(35(2,3)4)37-33(46)40(5)16-9-7-8-11-22-12-10-13-23-19-41(21-27(22)23)34(47)50-25/h6,8,10-13,24-26,28-29H,1,7,9,14-21H2,2-5H3,(H,37,46)(H,38,43)(H,39,45)/b11-8+/t24-,25?,28+,29-,36+/m1/s1. The molecule has 2 saturated carbocycles. The molecule has 3 fully saturated rings. The molecule has 0 spiro atoms. The molecule has 5 aliphatic rings. The molecule has 6 rings (SSSR count). The highest BCUT2D eigenvalue weighted by Crippen LogP contribution is 2.45. The summed E-state index contributed by atoms with van der Waals surface area (Å²) in [7, 11) is -2.24. The van der Waals surface area contributed by atoms with Gasteiger partial charge < -0.3 is 25.2 Å². The van der Waals surface area contributed by atoms with E-state index < -0.39 is 80.2 Å². The fourth-order valence-electron chi connectivity index (χ4n) is 7.15. The third-order valence-corrected chi connectivity index (χ3v) is 12.4. The highest BCUT2D eigenvalue weighted by Gasteiger charge is 2.62. The number of hydrogen-bond donors (Lipinski definition) is 3. The number of hydrogen-bond acceptors (Lipinski definition) is 8. The fraction of sp³-hybridized carbons (Fsp3) is 0.583. The minimum Gasteiger partial charge on any atom is -0.444 e. The van der Waals surface area contributed by atoms with Crippen LogP contribution in [0.4, 0.5) is 9.59 Å². The van der Waals surface area contributed by atoms with Gasteiger partial charge in [-0.3, -0.25) is 24.0 Å². The quantitative estimate of drug-likeness (QED) is 0.376. The number of amides is 6. The third kappa shape index (κ3) is 7.49. The van der Waals surface area contributed by atoms with Gasteiger partial charge in [0.1, 0.15) is 23.7 Å². The maximum atomic E-state index is 14.5. The minimum atomic E-state index is -3.90. The summed E-state index contributed by atoms with van der Waals surface area (Å²) >= 11 is 0. The Kier molecular flexibility index (Phi) is 9.72. The fourth-order valence-corrected chi connectivity index (χ4v) is 8.51. The number of carbonyl (C=O) groups is 5. The van der Waals surface area contributed by atoms with Gasteiger partial charge in [-0.1, -0.05) is 57.2 Å². The second-order valence-electron chi connectivity index (χ2n) is 15.5. The predicted molar refractivity (Wildman–Crippen MR) is 188 cm³/mol. The van der Waals surface area contributed by atoms with E-state index in [9.17, 15) is 32.4 Å². The molecule has 1 aromatic carbocycles. The first-order chi connectivity index (χ1) is 24.0. The number of urea groups is 1. The van der Waals surface area contributed by atoms with E-state index in [1.807, 2.05) is 30.4 Å². The molecule has 1 unspecified atom stereocenters. The van der Waals surface area contributed by atoms with Crippen molar-refractivity contribution in [3.8, 4) is 0 Å². The van der Waals surface area contributed by atoms with Crippen molar-refractivity contribution < 1.29 is 37.1 Å². The Morgan fingerprint density at radius 3 is 2.55 bits per heavy atom. The lowest BCUT2D eigenvalue weighted by atomic mass is 9.85. The van der Waals surface area contributed by atoms with Crippen LogP contribution in [0.2, 0.25) is 0 Å². The first-order valence-electron chi connectivity index (χ1n) is 17.6. The summed E-state index contributed by atoms with van der Waals surface area (Å²) in [4.78, 5) is 73.4. The first kappa shape index (κ1) is 36.4. The highest BCUT2D eigenvalue weighted by molar-refractivity contribution is 7.91. The van der Waals surface area contributed by atoms with Crippen molar-refractivity contribution in [3.63, 3.8) is 0 Å². The molecule has 1 saturated heterocycles. The molecule has 5 atom stereocenters.